The lowest BCUT2D eigenvalue weighted by molar-refractivity contribution is -0.159. The molecule has 0 N–H and O–H groups in total. The van der Waals surface area contributed by atoms with Gasteiger partial charge in [0.1, 0.15) is 11.4 Å². The van der Waals surface area contributed by atoms with E-state index in [0.29, 0.717) is 6.54 Å². The van der Waals surface area contributed by atoms with Gasteiger partial charge in [-0.05, 0) is 5.56 Å². The van der Waals surface area contributed by atoms with Crippen LogP contribution in [-0.2, 0) is 16.1 Å². The van der Waals surface area contributed by atoms with E-state index >= 15 is 0 Å². The van der Waals surface area contributed by atoms with Crippen molar-refractivity contribution in [3.05, 3.63) is 60.7 Å². The number of thioether (sulfide) groups is 1. The van der Waals surface area contributed by atoms with Gasteiger partial charge in [-0.1, -0.05) is 48.6 Å². The van der Waals surface area contributed by atoms with Crippen LogP contribution in [0, 0.1) is 0 Å². The first-order valence-corrected chi connectivity index (χ1v) is 8.72. The summed E-state index contributed by atoms with van der Waals surface area (Å²) >= 11 is 1.70. The molecule has 0 saturated carbocycles. The van der Waals surface area contributed by atoms with E-state index in [0.717, 1.165) is 12.2 Å². The molecular formula is C18H19NO2S. The molecule has 4 heteroatoms. The Bertz CT molecular complexity index is 629. The molecule has 3 aliphatic heterocycles. The van der Waals surface area contributed by atoms with E-state index in [-0.39, 0.29) is 28.9 Å². The van der Waals surface area contributed by atoms with E-state index in [2.05, 4.69) is 30.9 Å². The highest BCUT2D eigenvalue weighted by Crippen LogP contribution is 2.54. The second-order valence-corrected chi connectivity index (χ2v) is 7.23. The zero-order chi connectivity index (χ0) is 15.2. The topological polar surface area (TPSA) is 29.5 Å². The van der Waals surface area contributed by atoms with Crippen molar-refractivity contribution in [1.82, 2.24) is 4.90 Å². The second-order valence-electron chi connectivity index (χ2n) is 6.09. The predicted molar refractivity (Wildman–Crippen MR) is 88.6 cm³/mol. The number of likely N-dealkylation sites (tertiary alicyclic amines) is 1. The van der Waals surface area contributed by atoms with Gasteiger partial charge >= 0.3 is 0 Å². The van der Waals surface area contributed by atoms with Crippen molar-refractivity contribution >= 4 is 17.7 Å². The van der Waals surface area contributed by atoms with Gasteiger partial charge < -0.3 is 9.64 Å². The van der Waals surface area contributed by atoms with E-state index in [1.54, 1.807) is 11.8 Å². The SMILES string of the molecule is C=CCS[C@@H]1C(=O)N(Cc2ccccc2)[C@@]12C[C@@H]1C=C[C@H]2O1. The van der Waals surface area contributed by atoms with Crippen LogP contribution >= 0.6 is 11.8 Å². The van der Waals surface area contributed by atoms with Crippen LogP contribution in [0.4, 0.5) is 0 Å². The molecule has 22 heavy (non-hydrogen) atoms. The van der Waals surface area contributed by atoms with Crippen molar-refractivity contribution < 1.29 is 9.53 Å². The number of carbonyl (C=O) groups excluding carboxylic acids is 1. The van der Waals surface area contributed by atoms with Crippen molar-refractivity contribution in [3.8, 4) is 0 Å². The Morgan fingerprint density at radius 1 is 1.36 bits per heavy atom. The Labute approximate surface area is 135 Å². The van der Waals surface area contributed by atoms with Gasteiger partial charge in [-0.3, -0.25) is 4.79 Å². The summed E-state index contributed by atoms with van der Waals surface area (Å²) in [4.78, 5) is 14.7. The zero-order valence-electron chi connectivity index (χ0n) is 12.4. The van der Waals surface area contributed by atoms with Gasteiger partial charge in [0.15, 0.2) is 0 Å². The van der Waals surface area contributed by atoms with Crippen molar-refractivity contribution in [2.45, 2.75) is 36.0 Å². The molecule has 2 bridgehead atoms. The lowest BCUT2D eigenvalue weighted by Gasteiger charge is -2.57. The Balaban J connectivity index is 1.62. The van der Waals surface area contributed by atoms with Crippen molar-refractivity contribution in [2.24, 2.45) is 0 Å². The van der Waals surface area contributed by atoms with Crippen molar-refractivity contribution in [1.29, 1.82) is 0 Å². The number of nitrogens with zero attached hydrogens (tertiary/aromatic N) is 1. The lowest BCUT2D eigenvalue weighted by Crippen LogP contribution is -2.76. The number of ether oxygens (including phenoxy) is 1. The van der Waals surface area contributed by atoms with Gasteiger partial charge in [-0.25, -0.2) is 0 Å². The molecule has 1 aromatic rings. The number of carbonyl (C=O) groups is 1. The highest BCUT2D eigenvalue weighted by molar-refractivity contribution is 8.00. The summed E-state index contributed by atoms with van der Waals surface area (Å²) in [6.45, 7) is 4.45. The largest absolute Gasteiger partial charge is 0.364 e. The minimum absolute atomic E-state index is 0.00541. The Morgan fingerprint density at radius 2 is 2.18 bits per heavy atom. The molecular weight excluding hydrogens is 294 g/mol. The van der Waals surface area contributed by atoms with Gasteiger partial charge in [0.05, 0.1) is 11.6 Å². The van der Waals surface area contributed by atoms with E-state index in [1.165, 1.54) is 5.56 Å². The molecule has 0 aromatic heterocycles. The predicted octanol–water partition coefficient (Wildman–Crippen LogP) is 2.78. The van der Waals surface area contributed by atoms with E-state index < -0.39 is 0 Å². The minimum Gasteiger partial charge on any atom is -0.364 e. The van der Waals surface area contributed by atoms with E-state index in [1.807, 2.05) is 29.2 Å². The normalized spacial score (nSPS) is 35.2. The first-order chi connectivity index (χ1) is 10.8. The first-order valence-electron chi connectivity index (χ1n) is 7.67. The van der Waals surface area contributed by atoms with Crippen LogP contribution < -0.4 is 0 Å². The monoisotopic (exact) mass is 313 g/mol. The number of amides is 1. The molecule has 2 saturated heterocycles. The average molecular weight is 313 g/mol. The van der Waals surface area contributed by atoms with Gasteiger partial charge in [0, 0.05) is 18.7 Å². The highest BCUT2D eigenvalue weighted by atomic mass is 32.2. The van der Waals surface area contributed by atoms with Gasteiger partial charge in [0.25, 0.3) is 0 Å². The van der Waals surface area contributed by atoms with Gasteiger partial charge in [0.2, 0.25) is 5.91 Å². The second kappa shape index (κ2) is 5.28. The van der Waals surface area contributed by atoms with Crippen molar-refractivity contribution in [2.75, 3.05) is 5.75 Å². The van der Waals surface area contributed by atoms with Gasteiger partial charge in [-0.2, -0.15) is 0 Å². The lowest BCUT2D eigenvalue weighted by atomic mass is 9.73. The van der Waals surface area contributed by atoms with Crippen LogP contribution in [0.2, 0.25) is 0 Å². The standard InChI is InChI=1S/C18H19NO2S/c1-2-10-22-16-17(20)19(12-13-6-4-3-5-7-13)18(16)11-14-8-9-15(18)21-14/h2-9,14-16H,1,10-12H2/t14-,15+,16+,18+/m0/s1. The Hall–Kier alpha value is -1.52. The molecule has 3 heterocycles. The Kier molecular flexibility index (Phi) is 3.39. The van der Waals surface area contributed by atoms with Crippen LogP contribution in [0.15, 0.2) is 55.1 Å². The maximum absolute atomic E-state index is 12.7. The summed E-state index contributed by atoms with van der Waals surface area (Å²) in [5, 5.41) is -0.00541. The first kappa shape index (κ1) is 14.1. The molecule has 4 rings (SSSR count). The van der Waals surface area contributed by atoms with Crippen LogP contribution in [0.3, 0.4) is 0 Å². The van der Waals surface area contributed by atoms with Crippen molar-refractivity contribution in [3.63, 3.8) is 0 Å². The van der Waals surface area contributed by atoms with Crippen LogP contribution in [0.25, 0.3) is 0 Å². The van der Waals surface area contributed by atoms with E-state index in [9.17, 15) is 4.79 Å². The number of hydrogen-bond donors (Lipinski definition) is 0. The summed E-state index contributed by atoms with van der Waals surface area (Å²) in [6.07, 6.45) is 7.27. The van der Waals surface area contributed by atoms with Crippen LogP contribution in [-0.4, -0.2) is 39.6 Å². The average Bonchev–Trinajstić information content (AvgIpc) is 3.16. The minimum atomic E-state index is -0.167. The number of β-lactam (4-membered cyclic amide) rings is 1. The van der Waals surface area contributed by atoms with Crippen LogP contribution in [0.5, 0.6) is 0 Å². The third-order valence-corrected chi connectivity index (χ3v) is 6.23. The highest BCUT2D eigenvalue weighted by Gasteiger charge is 2.68. The molecule has 1 aromatic carbocycles. The third-order valence-electron chi connectivity index (χ3n) is 4.85. The fraction of sp³-hybridized carbons (Fsp3) is 0.389. The quantitative estimate of drug-likeness (QED) is 0.618. The van der Waals surface area contributed by atoms with E-state index in [4.69, 9.17) is 4.74 Å². The van der Waals surface area contributed by atoms with Gasteiger partial charge in [-0.15, -0.1) is 18.3 Å². The summed E-state index contributed by atoms with van der Waals surface area (Å²) in [7, 11) is 0. The summed E-state index contributed by atoms with van der Waals surface area (Å²) < 4.78 is 6.01. The third kappa shape index (κ3) is 1.90. The number of rotatable bonds is 5. The summed E-state index contributed by atoms with van der Waals surface area (Å²) in [5.41, 5.74) is 1.01. The molecule has 3 nitrogen and oxygen atoms in total. The summed E-state index contributed by atoms with van der Waals surface area (Å²) in [6, 6.07) is 10.2. The molecule has 1 amide bonds. The summed E-state index contributed by atoms with van der Waals surface area (Å²) in [5.74, 6) is 1.04. The molecule has 1 spiro atoms. The smallest absolute Gasteiger partial charge is 0.239 e. The molecule has 0 aliphatic carbocycles. The molecule has 2 fully saturated rings. The zero-order valence-corrected chi connectivity index (χ0v) is 13.2. The maximum atomic E-state index is 12.7. The molecule has 0 unspecified atom stereocenters. The number of fused-ring (bicyclic) bond motifs is 3. The molecule has 4 atom stereocenters. The molecule has 114 valence electrons. The van der Waals surface area contributed by atoms with Crippen LogP contribution in [0.1, 0.15) is 12.0 Å². The molecule has 3 aliphatic rings. The molecule has 0 radical (unpaired) electrons. The maximum Gasteiger partial charge on any atom is 0.239 e. The Morgan fingerprint density at radius 3 is 2.82 bits per heavy atom. The fourth-order valence-electron chi connectivity index (χ4n) is 3.87. The number of benzene rings is 1. The number of hydrogen-bond acceptors (Lipinski definition) is 3. The fourth-order valence-corrected chi connectivity index (χ4v) is 5.11.